The molecular weight excluding hydrogens is 296 g/mol. The average molecular weight is 318 g/mol. The topological polar surface area (TPSA) is 61.8 Å². The Labute approximate surface area is 136 Å². The van der Waals surface area contributed by atoms with E-state index < -0.39 is 12.1 Å². The first-order valence-electron chi connectivity index (χ1n) is 7.64. The van der Waals surface area contributed by atoms with E-state index in [9.17, 15) is 9.59 Å². The predicted octanol–water partition coefficient (Wildman–Crippen LogP) is 4.64. The Balaban J connectivity index is 2.64. The van der Waals surface area contributed by atoms with Crippen LogP contribution in [0.15, 0.2) is 48.3 Å². The van der Waals surface area contributed by atoms with Gasteiger partial charge in [0.15, 0.2) is 0 Å². The summed E-state index contributed by atoms with van der Waals surface area (Å²) in [6, 6.07) is 6.08. The Kier molecular flexibility index (Phi) is 8.21. The highest BCUT2D eigenvalue weighted by molar-refractivity contribution is 5.89. The highest BCUT2D eigenvalue weighted by atomic mass is 16.7. The first-order chi connectivity index (χ1) is 11.1. The van der Waals surface area contributed by atoms with Crippen LogP contribution in [0.2, 0.25) is 0 Å². The van der Waals surface area contributed by atoms with Crippen molar-refractivity contribution in [1.82, 2.24) is 0 Å². The van der Waals surface area contributed by atoms with Crippen LogP contribution in [-0.4, -0.2) is 18.7 Å². The van der Waals surface area contributed by atoms with Gasteiger partial charge in [0.1, 0.15) is 11.5 Å². The molecule has 0 saturated heterocycles. The van der Waals surface area contributed by atoms with Crippen LogP contribution in [0.4, 0.5) is 4.79 Å². The maximum Gasteiger partial charge on any atom is 0.519 e. The maximum absolute atomic E-state index is 11.8. The van der Waals surface area contributed by atoms with E-state index >= 15 is 0 Å². The predicted molar refractivity (Wildman–Crippen MR) is 87.3 cm³/mol. The van der Waals surface area contributed by atoms with Gasteiger partial charge in [-0.25, -0.2) is 9.59 Å². The molecule has 0 aliphatic heterocycles. The molecule has 1 rings (SSSR count). The highest BCUT2D eigenvalue weighted by Gasteiger charge is 2.10. The molecule has 1 aromatic carbocycles. The summed E-state index contributed by atoms with van der Waals surface area (Å²) in [6.45, 7) is 5.98. The van der Waals surface area contributed by atoms with Crippen molar-refractivity contribution >= 4 is 12.1 Å². The number of benzene rings is 1. The molecule has 0 spiro atoms. The second-order valence-corrected chi connectivity index (χ2v) is 4.52. The summed E-state index contributed by atoms with van der Waals surface area (Å²) in [7, 11) is 0. The molecule has 1 aromatic rings. The van der Waals surface area contributed by atoms with Gasteiger partial charge in [-0.1, -0.05) is 19.9 Å². The fourth-order valence-corrected chi connectivity index (χ4v) is 1.67. The monoisotopic (exact) mass is 318 g/mol. The summed E-state index contributed by atoms with van der Waals surface area (Å²) in [4.78, 5) is 23.3. The van der Waals surface area contributed by atoms with Gasteiger partial charge >= 0.3 is 12.1 Å². The molecule has 23 heavy (non-hydrogen) atoms. The molecule has 0 aliphatic rings. The normalized spacial score (nSPS) is 11.3. The van der Waals surface area contributed by atoms with Crippen LogP contribution in [0.25, 0.3) is 0 Å². The molecule has 124 valence electrons. The fourth-order valence-electron chi connectivity index (χ4n) is 1.67. The van der Waals surface area contributed by atoms with E-state index in [1.54, 1.807) is 19.1 Å². The Morgan fingerprint density at radius 2 is 1.74 bits per heavy atom. The van der Waals surface area contributed by atoms with E-state index in [0.717, 1.165) is 12.8 Å². The quantitative estimate of drug-likeness (QED) is 0.317. The number of hydrogen-bond donors (Lipinski definition) is 0. The smallest absolute Gasteiger partial charge is 0.462 e. The van der Waals surface area contributed by atoms with Gasteiger partial charge in [-0.15, -0.1) is 0 Å². The molecule has 0 aromatic heterocycles. The van der Waals surface area contributed by atoms with Crippen molar-refractivity contribution in [3.05, 3.63) is 53.8 Å². The lowest BCUT2D eigenvalue weighted by atomic mass is 10.2. The van der Waals surface area contributed by atoms with Gasteiger partial charge in [0.25, 0.3) is 0 Å². The zero-order valence-corrected chi connectivity index (χ0v) is 13.7. The Morgan fingerprint density at radius 1 is 1.04 bits per heavy atom. The lowest BCUT2D eigenvalue weighted by Crippen LogP contribution is -2.10. The largest absolute Gasteiger partial charge is 0.519 e. The SMILES string of the molecule is CCC=CC(=CCC)OC(=O)Oc1ccc(C(=O)OCC)cc1. The minimum Gasteiger partial charge on any atom is -0.462 e. The van der Waals surface area contributed by atoms with Crippen molar-refractivity contribution < 1.29 is 23.8 Å². The van der Waals surface area contributed by atoms with E-state index in [1.807, 2.05) is 19.9 Å². The minimum atomic E-state index is -0.825. The van der Waals surface area contributed by atoms with Gasteiger partial charge in [-0.3, -0.25) is 0 Å². The third kappa shape index (κ3) is 6.82. The van der Waals surface area contributed by atoms with Crippen LogP contribution in [0.3, 0.4) is 0 Å². The molecule has 5 nitrogen and oxygen atoms in total. The minimum absolute atomic E-state index is 0.290. The molecule has 5 heteroatoms. The van der Waals surface area contributed by atoms with E-state index in [4.69, 9.17) is 14.2 Å². The van der Waals surface area contributed by atoms with Crippen LogP contribution >= 0.6 is 0 Å². The Bertz CT molecular complexity index is 570. The van der Waals surface area contributed by atoms with Crippen molar-refractivity contribution in [2.75, 3.05) is 6.61 Å². The number of rotatable bonds is 7. The van der Waals surface area contributed by atoms with E-state index in [0.29, 0.717) is 23.7 Å². The van der Waals surface area contributed by atoms with E-state index in [2.05, 4.69) is 0 Å². The van der Waals surface area contributed by atoms with Crippen molar-refractivity contribution in [3.63, 3.8) is 0 Å². The molecule has 0 radical (unpaired) electrons. The molecule has 0 unspecified atom stereocenters. The van der Waals surface area contributed by atoms with Gasteiger partial charge in [0, 0.05) is 0 Å². The molecule has 0 fully saturated rings. The first kappa shape index (κ1) is 18.5. The standard InChI is InChI=1S/C18H22O5/c1-4-7-9-15(8-5-2)22-18(20)23-16-12-10-14(11-13-16)17(19)21-6-3/h7-13H,4-6H2,1-3H3. The summed E-state index contributed by atoms with van der Waals surface area (Å²) in [5.74, 6) is 0.320. The number of allylic oxidation sites excluding steroid dienone is 3. The lowest BCUT2D eigenvalue weighted by molar-refractivity contribution is 0.0526. The van der Waals surface area contributed by atoms with E-state index in [-0.39, 0.29) is 0 Å². The molecule has 0 amide bonds. The van der Waals surface area contributed by atoms with Crippen molar-refractivity contribution in [2.24, 2.45) is 0 Å². The fraction of sp³-hybridized carbons (Fsp3) is 0.333. The maximum atomic E-state index is 11.8. The van der Waals surface area contributed by atoms with Crippen molar-refractivity contribution in [1.29, 1.82) is 0 Å². The van der Waals surface area contributed by atoms with Crippen LogP contribution < -0.4 is 4.74 Å². The summed E-state index contributed by atoms with van der Waals surface area (Å²) in [6.07, 6.45) is 6.17. The zero-order chi connectivity index (χ0) is 17.1. The summed E-state index contributed by atoms with van der Waals surface area (Å²) < 4.78 is 15.1. The number of carbonyl (C=O) groups excluding carboxylic acids is 2. The van der Waals surface area contributed by atoms with Gasteiger partial charge < -0.3 is 14.2 Å². The molecule has 0 heterocycles. The number of esters is 1. The molecule has 0 aliphatic carbocycles. The van der Waals surface area contributed by atoms with Crippen molar-refractivity contribution in [2.45, 2.75) is 33.6 Å². The lowest BCUT2D eigenvalue weighted by Gasteiger charge is -2.07. The van der Waals surface area contributed by atoms with Crippen LogP contribution in [0.1, 0.15) is 44.0 Å². The summed E-state index contributed by atoms with van der Waals surface area (Å²) >= 11 is 0. The Morgan fingerprint density at radius 3 is 2.30 bits per heavy atom. The average Bonchev–Trinajstić information content (AvgIpc) is 2.53. The second kappa shape index (κ2) is 10.2. The highest BCUT2D eigenvalue weighted by Crippen LogP contribution is 2.15. The van der Waals surface area contributed by atoms with Crippen molar-refractivity contribution in [3.8, 4) is 5.75 Å². The number of ether oxygens (including phenoxy) is 3. The number of carbonyl (C=O) groups is 2. The van der Waals surface area contributed by atoms with Gasteiger partial charge in [0.05, 0.1) is 12.2 Å². The molecule has 0 atom stereocenters. The van der Waals surface area contributed by atoms with Crippen LogP contribution in [0.5, 0.6) is 5.75 Å². The van der Waals surface area contributed by atoms with Gasteiger partial charge in [-0.05, 0) is 56.2 Å². The van der Waals surface area contributed by atoms with E-state index in [1.165, 1.54) is 24.3 Å². The van der Waals surface area contributed by atoms with Crippen LogP contribution in [-0.2, 0) is 9.47 Å². The van der Waals surface area contributed by atoms with Gasteiger partial charge in [-0.2, -0.15) is 0 Å². The first-order valence-corrected chi connectivity index (χ1v) is 7.64. The summed E-state index contributed by atoms with van der Waals surface area (Å²) in [5.41, 5.74) is 0.394. The summed E-state index contributed by atoms with van der Waals surface area (Å²) in [5, 5.41) is 0. The second-order valence-electron chi connectivity index (χ2n) is 4.52. The van der Waals surface area contributed by atoms with Gasteiger partial charge in [0.2, 0.25) is 0 Å². The molecule has 0 N–H and O–H groups in total. The zero-order valence-electron chi connectivity index (χ0n) is 13.7. The van der Waals surface area contributed by atoms with Crippen LogP contribution in [0, 0.1) is 0 Å². The molecular formula is C18H22O5. The Hall–Kier alpha value is -2.56. The molecule has 0 bridgehead atoms. The third-order valence-corrected chi connectivity index (χ3v) is 2.69. The number of hydrogen-bond acceptors (Lipinski definition) is 5. The third-order valence-electron chi connectivity index (χ3n) is 2.69. The molecule has 0 saturated carbocycles.